The summed E-state index contributed by atoms with van der Waals surface area (Å²) in [6, 6.07) is 25.6. The lowest BCUT2D eigenvalue weighted by molar-refractivity contribution is -0.116. The molecule has 0 aromatic heterocycles. The van der Waals surface area contributed by atoms with E-state index in [4.69, 9.17) is 16.3 Å². The molecule has 0 fully saturated rings. The highest BCUT2D eigenvalue weighted by Gasteiger charge is 2.15. The molecule has 0 spiro atoms. The number of amides is 1. The fourth-order valence-corrected chi connectivity index (χ4v) is 3.30. The molecular formula is C25H26ClNO2. The van der Waals surface area contributed by atoms with Gasteiger partial charge in [0.25, 0.3) is 0 Å². The van der Waals surface area contributed by atoms with Gasteiger partial charge in [-0.1, -0.05) is 56.3 Å². The van der Waals surface area contributed by atoms with Gasteiger partial charge in [0.2, 0.25) is 5.91 Å². The van der Waals surface area contributed by atoms with Crippen LogP contribution in [0.15, 0.2) is 78.9 Å². The zero-order chi connectivity index (χ0) is 20.6. The van der Waals surface area contributed by atoms with Gasteiger partial charge in [-0.25, -0.2) is 0 Å². The first-order valence-electron chi connectivity index (χ1n) is 9.82. The van der Waals surface area contributed by atoms with Gasteiger partial charge in [-0.05, 0) is 59.9 Å². The van der Waals surface area contributed by atoms with Crippen molar-refractivity contribution in [1.29, 1.82) is 0 Å². The van der Waals surface area contributed by atoms with Gasteiger partial charge in [0.1, 0.15) is 17.4 Å². The molecule has 0 saturated heterocycles. The first-order valence-corrected chi connectivity index (χ1v) is 10.4. The van der Waals surface area contributed by atoms with Crippen LogP contribution >= 0.6 is 11.6 Å². The monoisotopic (exact) mass is 407 g/mol. The zero-order valence-corrected chi connectivity index (χ0v) is 17.6. The molecule has 0 saturated carbocycles. The maximum absolute atomic E-state index is 12.4. The standard InChI is InChI=1S/C25H26ClNO2/c1-19(2)16-20-8-12-23(13-9-20)29-24-14-10-22(11-15-24)27(25(28)17-26)18-21-6-4-3-5-7-21/h3-15,19H,16-18H2,1-2H3. The molecule has 4 heteroatoms. The Morgan fingerprint density at radius 1 is 0.862 bits per heavy atom. The number of nitrogens with zero attached hydrogens (tertiary/aromatic N) is 1. The molecule has 0 bridgehead atoms. The lowest BCUT2D eigenvalue weighted by atomic mass is 10.0. The molecular weight excluding hydrogens is 382 g/mol. The summed E-state index contributed by atoms with van der Waals surface area (Å²) in [6.45, 7) is 4.90. The van der Waals surface area contributed by atoms with Crippen LogP contribution in [-0.2, 0) is 17.8 Å². The second-order valence-electron chi connectivity index (χ2n) is 7.44. The number of hydrogen-bond acceptors (Lipinski definition) is 2. The van der Waals surface area contributed by atoms with Crippen molar-refractivity contribution in [2.75, 3.05) is 10.8 Å². The number of carbonyl (C=O) groups is 1. The Bertz CT molecular complexity index is 906. The van der Waals surface area contributed by atoms with Gasteiger partial charge in [0, 0.05) is 5.69 Å². The van der Waals surface area contributed by atoms with Crippen molar-refractivity contribution in [3.8, 4) is 11.5 Å². The van der Waals surface area contributed by atoms with Gasteiger partial charge in [0.05, 0.1) is 6.54 Å². The van der Waals surface area contributed by atoms with Crippen LogP contribution in [0.1, 0.15) is 25.0 Å². The molecule has 0 aliphatic carbocycles. The SMILES string of the molecule is CC(C)Cc1ccc(Oc2ccc(N(Cc3ccccc3)C(=O)CCl)cc2)cc1. The van der Waals surface area contributed by atoms with Crippen molar-refractivity contribution >= 4 is 23.2 Å². The second-order valence-corrected chi connectivity index (χ2v) is 7.70. The van der Waals surface area contributed by atoms with Gasteiger partial charge in [-0.3, -0.25) is 4.79 Å². The molecule has 3 rings (SSSR count). The topological polar surface area (TPSA) is 29.5 Å². The number of ether oxygens (including phenoxy) is 1. The summed E-state index contributed by atoms with van der Waals surface area (Å²) in [6.07, 6.45) is 1.06. The molecule has 0 N–H and O–H groups in total. The van der Waals surface area contributed by atoms with Crippen LogP contribution in [0.2, 0.25) is 0 Å². The lowest BCUT2D eigenvalue weighted by Crippen LogP contribution is -2.31. The predicted octanol–water partition coefficient (Wildman–Crippen LogP) is 6.45. The Kier molecular flexibility index (Phi) is 7.31. The molecule has 0 aliphatic rings. The van der Waals surface area contributed by atoms with Crippen molar-refractivity contribution in [2.45, 2.75) is 26.8 Å². The van der Waals surface area contributed by atoms with E-state index in [1.54, 1.807) is 4.90 Å². The quantitative estimate of drug-likeness (QED) is 0.401. The first kappa shape index (κ1) is 20.9. The van der Waals surface area contributed by atoms with Crippen molar-refractivity contribution in [3.05, 3.63) is 90.0 Å². The smallest absolute Gasteiger partial charge is 0.242 e. The molecule has 3 aromatic carbocycles. The molecule has 0 aliphatic heterocycles. The molecule has 3 nitrogen and oxygen atoms in total. The van der Waals surface area contributed by atoms with Crippen molar-refractivity contribution in [3.63, 3.8) is 0 Å². The molecule has 150 valence electrons. The van der Waals surface area contributed by atoms with E-state index in [-0.39, 0.29) is 11.8 Å². The summed E-state index contributed by atoms with van der Waals surface area (Å²) in [5.74, 6) is 1.95. The fraction of sp³-hybridized carbons (Fsp3) is 0.240. The predicted molar refractivity (Wildman–Crippen MR) is 120 cm³/mol. The maximum atomic E-state index is 12.4. The van der Waals surface area contributed by atoms with Crippen molar-refractivity contribution in [2.24, 2.45) is 5.92 Å². The summed E-state index contributed by atoms with van der Waals surface area (Å²) in [5.41, 5.74) is 3.14. The second kappa shape index (κ2) is 10.1. The summed E-state index contributed by atoms with van der Waals surface area (Å²) >= 11 is 5.83. The van der Waals surface area contributed by atoms with Gasteiger partial charge >= 0.3 is 0 Å². The van der Waals surface area contributed by atoms with E-state index in [1.165, 1.54) is 5.56 Å². The summed E-state index contributed by atoms with van der Waals surface area (Å²) < 4.78 is 5.95. The third-order valence-electron chi connectivity index (χ3n) is 4.55. The van der Waals surface area contributed by atoms with Crippen LogP contribution in [0, 0.1) is 5.92 Å². The number of anilines is 1. The third-order valence-corrected chi connectivity index (χ3v) is 4.78. The number of rotatable bonds is 8. The first-order chi connectivity index (χ1) is 14.0. The minimum absolute atomic E-state index is 0.0617. The van der Waals surface area contributed by atoms with Gasteiger partial charge in [-0.15, -0.1) is 11.6 Å². The average molecular weight is 408 g/mol. The number of carbonyl (C=O) groups excluding carboxylic acids is 1. The third kappa shape index (κ3) is 6.10. The highest BCUT2D eigenvalue weighted by molar-refractivity contribution is 6.29. The highest BCUT2D eigenvalue weighted by Crippen LogP contribution is 2.26. The van der Waals surface area contributed by atoms with E-state index < -0.39 is 0 Å². The summed E-state index contributed by atoms with van der Waals surface area (Å²) in [4.78, 5) is 14.1. The van der Waals surface area contributed by atoms with Crippen molar-refractivity contribution in [1.82, 2.24) is 0 Å². The number of benzene rings is 3. The van der Waals surface area contributed by atoms with Crippen LogP contribution < -0.4 is 9.64 Å². The number of halogens is 1. The zero-order valence-electron chi connectivity index (χ0n) is 16.8. The maximum Gasteiger partial charge on any atom is 0.242 e. The minimum Gasteiger partial charge on any atom is -0.457 e. The van der Waals surface area contributed by atoms with Crippen molar-refractivity contribution < 1.29 is 9.53 Å². The Hall–Kier alpha value is -2.78. The van der Waals surface area contributed by atoms with Crippen LogP contribution in [-0.4, -0.2) is 11.8 Å². The molecule has 3 aromatic rings. The number of hydrogen-bond donors (Lipinski definition) is 0. The molecule has 0 atom stereocenters. The van der Waals surface area contributed by atoms with Gasteiger partial charge in [0.15, 0.2) is 0 Å². The van der Waals surface area contributed by atoms with E-state index in [2.05, 4.69) is 26.0 Å². The molecule has 0 radical (unpaired) electrons. The average Bonchev–Trinajstić information content (AvgIpc) is 2.74. The summed E-state index contributed by atoms with van der Waals surface area (Å²) in [5, 5.41) is 0. The summed E-state index contributed by atoms with van der Waals surface area (Å²) in [7, 11) is 0. The van der Waals surface area contributed by atoms with E-state index >= 15 is 0 Å². The molecule has 29 heavy (non-hydrogen) atoms. The fourth-order valence-electron chi connectivity index (χ4n) is 3.16. The van der Waals surface area contributed by atoms with E-state index in [0.29, 0.717) is 12.5 Å². The Morgan fingerprint density at radius 2 is 1.45 bits per heavy atom. The normalized spacial score (nSPS) is 10.8. The minimum atomic E-state index is -0.134. The van der Waals surface area contributed by atoms with Crippen LogP contribution in [0.3, 0.4) is 0 Å². The Balaban J connectivity index is 1.70. The van der Waals surface area contributed by atoms with Crippen LogP contribution in [0.5, 0.6) is 11.5 Å². The van der Waals surface area contributed by atoms with E-state index in [1.807, 2.05) is 66.7 Å². The largest absolute Gasteiger partial charge is 0.457 e. The molecule has 0 unspecified atom stereocenters. The Labute approximate surface area is 177 Å². The lowest BCUT2D eigenvalue weighted by Gasteiger charge is -2.22. The van der Waals surface area contributed by atoms with E-state index in [9.17, 15) is 4.79 Å². The molecule has 0 heterocycles. The Morgan fingerprint density at radius 3 is 2.00 bits per heavy atom. The highest BCUT2D eigenvalue weighted by atomic mass is 35.5. The van der Waals surface area contributed by atoms with Crippen LogP contribution in [0.4, 0.5) is 5.69 Å². The van der Waals surface area contributed by atoms with Gasteiger partial charge < -0.3 is 9.64 Å². The molecule has 1 amide bonds. The number of alkyl halides is 1. The van der Waals surface area contributed by atoms with E-state index in [0.717, 1.165) is 29.2 Å². The van der Waals surface area contributed by atoms with Gasteiger partial charge in [-0.2, -0.15) is 0 Å². The van der Waals surface area contributed by atoms with Crippen LogP contribution in [0.25, 0.3) is 0 Å².